The Labute approximate surface area is 125 Å². The molecule has 2 nitrogen and oxygen atoms in total. The zero-order valence-electron chi connectivity index (χ0n) is 11.6. The Morgan fingerprint density at radius 2 is 1.53 bits per heavy atom. The largest absolute Gasteiger partial charge is 0.238 e. The molecule has 0 aromatic carbocycles. The lowest BCUT2D eigenvalue weighted by atomic mass is 9.91. The minimum atomic E-state index is 0.797. The van der Waals surface area contributed by atoms with Crippen molar-refractivity contribution >= 4 is 23.3 Å². The third kappa shape index (κ3) is 3.73. The average molecular weight is 297 g/mol. The molecule has 0 aliphatic heterocycles. The van der Waals surface area contributed by atoms with Gasteiger partial charge in [-0.25, -0.2) is 9.29 Å². The normalized spacial score (nSPS) is 23.0. The molecule has 0 saturated heterocycles. The summed E-state index contributed by atoms with van der Waals surface area (Å²) in [7, 11) is 0. The Kier molecular flexibility index (Phi) is 5.19. The molecule has 0 radical (unpaired) electrons. The van der Waals surface area contributed by atoms with Gasteiger partial charge in [0, 0.05) is 23.7 Å². The minimum absolute atomic E-state index is 0.797. The van der Waals surface area contributed by atoms with Crippen molar-refractivity contribution in [2.45, 2.75) is 80.6 Å². The molecule has 106 valence electrons. The van der Waals surface area contributed by atoms with Crippen molar-refractivity contribution in [3.8, 4) is 0 Å². The lowest BCUT2D eigenvalue weighted by molar-refractivity contribution is 0.185. The first-order chi connectivity index (χ1) is 9.43. The van der Waals surface area contributed by atoms with Gasteiger partial charge in [-0.3, -0.25) is 0 Å². The van der Waals surface area contributed by atoms with E-state index in [1.54, 1.807) is 11.3 Å². The minimum Gasteiger partial charge on any atom is -0.238 e. The van der Waals surface area contributed by atoms with Crippen LogP contribution in [0.3, 0.4) is 0 Å². The summed E-state index contributed by atoms with van der Waals surface area (Å²) in [6.45, 7) is 0. The molecular weight excluding hydrogens is 272 g/mol. The molecule has 2 aliphatic rings. The highest BCUT2D eigenvalue weighted by Gasteiger charge is 2.30. The van der Waals surface area contributed by atoms with Gasteiger partial charge in [0.05, 0.1) is 0 Å². The van der Waals surface area contributed by atoms with Crippen LogP contribution in [0.1, 0.15) is 64.2 Å². The van der Waals surface area contributed by atoms with Gasteiger partial charge in [0.15, 0.2) is 4.34 Å². The van der Waals surface area contributed by atoms with Crippen LogP contribution in [-0.4, -0.2) is 21.4 Å². The van der Waals surface area contributed by atoms with Gasteiger partial charge in [-0.15, -0.1) is 11.3 Å². The molecule has 1 aromatic rings. The second-order valence-electron chi connectivity index (χ2n) is 5.83. The summed E-state index contributed by atoms with van der Waals surface area (Å²) in [6.07, 6.45) is 16.1. The van der Waals surface area contributed by atoms with Crippen LogP contribution in [0, 0.1) is 0 Å². The molecule has 2 fully saturated rings. The van der Waals surface area contributed by atoms with E-state index in [0.717, 1.165) is 12.1 Å². The summed E-state index contributed by atoms with van der Waals surface area (Å²) < 4.78 is 3.98. The Hall–Kier alpha value is -0.0600. The molecular formula is C15H24N2S2. The Bertz CT molecular complexity index is 336. The maximum absolute atomic E-state index is 4.49. The Balaban J connectivity index is 1.69. The molecule has 19 heavy (non-hydrogen) atoms. The smallest absolute Gasteiger partial charge is 0.165 e. The van der Waals surface area contributed by atoms with Crippen LogP contribution < -0.4 is 0 Å². The standard InChI is InChI=1S/C15H24N2S2/c1-3-7-13(8-4-1)17(14-9-5-2-6-10-14)19-15-16-11-12-18-15/h11-14H,1-10H2. The fourth-order valence-electron chi connectivity index (χ4n) is 3.46. The molecule has 3 rings (SSSR count). The molecule has 1 heterocycles. The van der Waals surface area contributed by atoms with Crippen LogP contribution in [0.15, 0.2) is 15.9 Å². The van der Waals surface area contributed by atoms with Crippen molar-refractivity contribution in [2.75, 3.05) is 0 Å². The molecule has 0 atom stereocenters. The highest BCUT2D eigenvalue weighted by Crippen LogP contribution is 2.38. The SMILES string of the molecule is c1csc(SN(C2CCCCC2)C2CCCCC2)n1. The fourth-order valence-corrected chi connectivity index (χ4v) is 5.43. The van der Waals surface area contributed by atoms with Crippen LogP contribution in [0.4, 0.5) is 0 Å². The van der Waals surface area contributed by atoms with E-state index in [4.69, 9.17) is 0 Å². The molecule has 0 amide bonds. The number of rotatable bonds is 4. The predicted octanol–water partition coefficient (Wildman–Crippen LogP) is 5.12. The molecule has 2 saturated carbocycles. The van der Waals surface area contributed by atoms with Gasteiger partial charge in [-0.05, 0) is 37.6 Å². The molecule has 2 aliphatic carbocycles. The zero-order chi connectivity index (χ0) is 12.9. The third-order valence-corrected chi connectivity index (χ3v) is 6.61. The second-order valence-corrected chi connectivity index (χ2v) is 7.98. The van der Waals surface area contributed by atoms with E-state index in [0.29, 0.717) is 0 Å². The van der Waals surface area contributed by atoms with Crippen molar-refractivity contribution in [3.05, 3.63) is 11.6 Å². The first-order valence-electron chi connectivity index (χ1n) is 7.79. The summed E-state index contributed by atoms with van der Waals surface area (Å²) in [5.74, 6) is 0. The topological polar surface area (TPSA) is 16.1 Å². The van der Waals surface area contributed by atoms with Gasteiger partial charge >= 0.3 is 0 Å². The van der Waals surface area contributed by atoms with Gasteiger partial charge in [-0.2, -0.15) is 0 Å². The van der Waals surface area contributed by atoms with Crippen LogP contribution in [-0.2, 0) is 0 Å². The van der Waals surface area contributed by atoms with Crippen LogP contribution in [0.25, 0.3) is 0 Å². The maximum atomic E-state index is 4.49. The number of hydrogen-bond donors (Lipinski definition) is 0. The molecule has 0 spiro atoms. The lowest BCUT2D eigenvalue weighted by Gasteiger charge is -2.40. The van der Waals surface area contributed by atoms with Gasteiger partial charge in [0.1, 0.15) is 0 Å². The van der Waals surface area contributed by atoms with E-state index in [2.05, 4.69) is 14.7 Å². The zero-order valence-corrected chi connectivity index (χ0v) is 13.2. The predicted molar refractivity (Wildman–Crippen MR) is 83.6 cm³/mol. The van der Waals surface area contributed by atoms with Gasteiger partial charge in [0.25, 0.3) is 0 Å². The van der Waals surface area contributed by atoms with Crippen molar-refractivity contribution in [1.82, 2.24) is 9.29 Å². The molecule has 0 N–H and O–H groups in total. The van der Waals surface area contributed by atoms with Crippen molar-refractivity contribution < 1.29 is 0 Å². The summed E-state index contributed by atoms with van der Waals surface area (Å²) in [6, 6.07) is 1.59. The molecule has 0 unspecified atom stereocenters. The van der Waals surface area contributed by atoms with Crippen LogP contribution >= 0.6 is 23.3 Å². The van der Waals surface area contributed by atoms with E-state index in [9.17, 15) is 0 Å². The highest BCUT2D eigenvalue weighted by atomic mass is 32.2. The van der Waals surface area contributed by atoms with E-state index in [1.165, 1.54) is 68.5 Å². The van der Waals surface area contributed by atoms with Gasteiger partial charge in [-0.1, -0.05) is 38.5 Å². The second kappa shape index (κ2) is 7.09. The fraction of sp³-hybridized carbons (Fsp3) is 0.800. The molecule has 0 bridgehead atoms. The Morgan fingerprint density at radius 1 is 0.947 bits per heavy atom. The van der Waals surface area contributed by atoms with E-state index in [-0.39, 0.29) is 0 Å². The van der Waals surface area contributed by atoms with Crippen molar-refractivity contribution in [1.29, 1.82) is 0 Å². The van der Waals surface area contributed by atoms with Crippen molar-refractivity contribution in [2.24, 2.45) is 0 Å². The monoisotopic (exact) mass is 296 g/mol. The van der Waals surface area contributed by atoms with E-state index in [1.807, 2.05) is 18.1 Å². The van der Waals surface area contributed by atoms with E-state index >= 15 is 0 Å². The number of aromatic nitrogens is 1. The van der Waals surface area contributed by atoms with Crippen LogP contribution in [0.2, 0.25) is 0 Å². The van der Waals surface area contributed by atoms with Crippen LogP contribution in [0.5, 0.6) is 0 Å². The number of thiazole rings is 1. The summed E-state index contributed by atoms with van der Waals surface area (Å²) >= 11 is 3.74. The number of hydrogen-bond acceptors (Lipinski definition) is 4. The number of nitrogens with zero attached hydrogens (tertiary/aromatic N) is 2. The maximum Gasteiger partial charge on any atom is 0.165 e. The summed E-state index contributed by atoms with van der Waals surface area (Å²) in [5.41, 5.74) is 0. The quantitative estimate of drug-likeness (QED) is 0.718. The Morgan fingerprint density at radius 3 is 2.00 bits per heavy atom. The average Bonchev–Trinajstić information content (AvgIpc) is 3.00. The first kappa shape index (κ1) is 13.9. The lowest BCUT2D eigenvalue weighted by Crippen LogP contribution is -2.40. The van der Waals surface area contributed by atoms with E-state index < -0.39 is 0 Å². The van der Waals surface area contributed by atoms with Gasteiger partial charge < -0.3 is 0 Å². The van der Waals surface area contributed by atoms with Crippen molar-refractivity contribution in [3.63, 3.8) is 0 Å². The first-order valence-corrected chi connectivity index (χ1v) is 9.44. The molecule has 4 heteroatoms. The summed E-state index contributed by atoms with van der Waals surface area (Å²) in [4.78, 5) is 4.49. The summed E-state index contributed by atoms with van der Waals surface area (Å²) in [5, 5.41) is 2.10. The highest BCUT2D eigenvalue weighted by molar-refractivity contribution is 7.98. The van der Waals surface area contributed by atoms with Gasteiger partial charge in [0.2, 0.25) is 0 Å². The third-order valence-electron chi connectivity index (χ3n) is 4.46. The molecule has 1 aromatic heterocycles.